The maximum Gasteiger partial charge on any atom is 0.267 e. The maximum atomic E-state index is 4.12. The Morgan fingerprint density at radius 1 is 0.537 bits per heavy atom. The molecule has 4 aromatic carbocycles. The predicted molar refractivity (Wildman–Crippen MR) is 209 cm³/mol. The Hall–Kier alpha value is -5.69. The first-order valence-corrected chi connectivity index (χ1v) is 17.6. The summed E-state index contributed by atoms with van der Waals surface area (Å²) in [5, 5.41) is 7.58. The minimum atomic E-state index is 0. The zero-order valence-electron chi connectivity index (χ0n) is 32.0. The van der Waals surface area contributed by atoms with Crippen LogP contribution in [0.3, 0.4) is 0 Å². The first-order chi connectivity index (χ1) is 25.6. The van der Waals surface area contributed by atoms with Gasteiger partial charge in [-0.15, -0.1) is 0 Å². The van der Waals surface area contributed by atoms with Crippen LogP contribution in [0, 0.1) is 80.2 Å². The van der Waals surface area contributed by atoms with E-state index >= 15 is 0 Å². The molecular formula is C46H44IrN7-3. The Bertz CT molecular complexity index is 2170. The molecule has 0 aliphatic heterocycles. The Kier molecular flexibility index (Phi) is 13.1. The molecule has 54 heavy (non-hydrogen) atoms. The summed E-state index contributed by atoms with van der Waals surface area (Å²) in [5.41, 5.74) is 15.7. The molecule has 0 spiro atoms. The van der Waals surface area contributed by atoms with Gasteiger partial charge in [-0.05, 0) is 89.3 Å². The zero-order valence-corrected chi connectivity index (χ0v) is 34.4. The molecule has 0 unspecified atom stereocenters. The minimum Gasteiger partial charge on any atom is -0.574 e. The number of benzene rings is 4. The Balaban J connectivity index is 0.000000162. The van der Waals surface area contributed by atoms with E-state index in [0.717, 1.165) is 34.1 Å². The summed E-state index contributed by atoms with van der Waals surface area (Å²) in [4.78, 5) is 4.12. The summed E-state index contributed by atoms with van der Waals surface area (Å²) >= 11 is 0. The van der Waals surface area contributed by atoms with Crippen molar-refractivity contribution in [3.63, 3.8) is 0 Å². The van der Waals surface area contributed by atoms with Crippen molar-refractivity contribution in [3.8, 4) is 34.1 Å². The summed E-state index contributed by atoms with van der Waals surface area (Å²) in [6.45, 7) is 16.9. The second kappa shape index (κ2) is 17.9. The fourth-order valence-corrected chi connectivity index (χ4v) is 5.92. The van der Waals surface area contributed by atoms with Crippen molar-refractivity contribution in [2.45, 2.75) is 55.4 Å². The summed E-state index contributed by atoms with van der Waals surface area (Å²) in [7, 11) is 0. The summed E-state index contributed by atoms with van der Waals surface area (Å²) in [6.07, 6.45) is 10.3. The third kappa shape index (κ3) is 9.26. The molecule has 4 heterocycles. The van der Waals surface area contributed by atoms with Crippen molar-refractivity contribution in [1.82, 2.24) is 24.3 Å². The molecule has 0 atom stereocenters. The molecule has 0 aliphatic carbocycles. The van der Waals surface area contributed by atoms with Gasteiger partial charge in [-0.25, -0.2) is 0 Å². The Labute approximate surface area is 333 Å². The zero-order chi connectivity index (χ0) is 37.5. The fourth-order valence-electron chi connectivity index (χ4n) is 5.92. The predicted octanol–water partition coefficient (Wildman–Crippen LogP) is 8.27. The summed E-state index contributed by atoms with van der Waals surface area (Å²) in [6, 6.07) is 43.4. The van der Waals surface area contributed by atoms with E-state index < -0.39 is 0 Å². The van der Waals surface area contributed by atoms with Gasteiger partial charge in [0.05, 0.1) is 22.8 Å². The van der Waals surface area contributed by atoms with Crippen LogP contribution in [-0.2, 0) is 20.1 Å². The number of hydrogen-bond donors (Lipinski definition) is 0. The van der Waals surface area contributed by atoms with Crippen LogP contribution >= 0.6 is 0 Å². The fraction of sp³-hybridized carbons (Fsp3) is 0.174. The van der Waals surface area contributed by atoms with Crippen LogP contribution in [-0.4, -0.2) is 19.2 Å². The van der Waals surface area contributed by atoms with E-state index in [9.17, 15) is 0 Å². The van der Waals surface area contributed by atoms with Crippen LogP contribution in [0.4, 0.5) is 0 Å². The van der Waals surface area contributed by atoms with E-state index in [2.05, 4.69) is 186 Å². The number of hydrogen-bond acceptors (Lipinski definition) is 2. The van der Waals surface area contributed by atoms with Crippen molar-refractivity contribution in [1.29, 1.82) is 0 Å². The molecule has 275 valence electrons. The monoisotopic (exact) mass is 887 g/mol. The van der Waals surface area contributed by atoms with Crippen LogP contribution in [0.25, 0.3) is 34.1 Å². The first-order valence-electron chi connectivity index (χ1n) is 17.6. The standard InChI is InChI=1S/2C19H19N2.C8H6N3.Ir/c2*1-14-7-5-9-18(11-14)20-13-21(17(4)16(20)3)19-10-6-8-15(2)12-19;1-2-5-9-7(3-1)8-4-6-10-11-8;/h2*5-9,11-12H,1-4H3;1-6H;/q3*-1;. The maximum absolute atomic E-state index is 4.12. The van der Waals surface area contributed by atoms with Gasteiger partial charge < -0.3 is 19.3 Å². The average Bonchev–Trinajstić information content (AvgIpc) is 3.88. The van der Waals surface area contributed by atoms with Gasteiger partial charge in [0.2, 0.25) is 0 Å². The van der Waals surface area contributed by atoms with Crippen LogP contribution in [0.15, 0.2) is 122 Å². The van der Waals surface area contributed by atoms with E-state index in [1.165, 1.54) is 45.0 Å². The number of aryl methyl sites for hydroxylation is 4. The van der Waals surface area contributed by atoms with Gasteiger partial charge in [-0.2, -0.15) is 59.7 Å². The molecule has 8 rings (SSSR count). The molecule has 0 saturated heterocycles. The molecule has 0 saturated carbocycles. The third-order valence-corrected chi connectivity index (χ3v) is 9.07. The van der Waals surface area contributed by atoms with Gasteiger partial charge in [0.25, 0.3) is 12.7 Å². The molecule has 0 aliphatic rings. The minimum absolute atomic E-state index is 0. The molecule has 0 bridgehead atoms. The van der Waals surface area contributed by atoms with Crippen molar-refractivity contribution in [3.05, 3.63) is 191 Å². The van der Waals surface area contributed by atoms with E-state index in [1.807, 2.05) is 36.4 Å². The SMILES string of the molecule is Cc1cc[c-]c(-n2[c-][n+](-c3cccc(C)c3)c(C)c2C)c1.Cc1cc[c-]c(-n2[c-][n+](-c3cccc(C)c3)c(C)c2C)c1.[Ir].c1ccc(-c2ccn[n-]2)nc1. The number of imidazole rings is 2. The number of rotatable bonds is 5. The number of nitrogens with zero attached hydrogens (tertiary/aromatic N) is 7. The third-order valence-electron chi connectivity index (χ3n) is 9.07. The van der Waals surface area contributed by atoms with Gasteiger partial charge in [0.1, 0.15) is 0 Å². The Morgan fingerprint density at radius 3 is 1.44 bits per heavy atom. The van der Waals surface area contributed by atoms with Crippen molar-refractivity contribution >= 4 is 0 Å². The number of aromatic nitrogens is 7. The van der Waals surface area contributed by atoms with Gasteiger partial charge in [0.15, 0.2) is 0 Å². The van der Waals surface area contributed by atoms with Gasteiger partial charge in [0, 0.05) is 49.6 Å². The van der Waals surface area contributed by atoms with Crippen LogP contribution < -0.4 is 14.2 Å². The second-order valence-corrected chi connectivity index (χ2v) is 13.2. The van der Waals surface area contributed by atoms with Crippen molar-refractivity contribution < 1.29 is 29.2 Å². The van der Waals surface area contributed by atoms with Crippen LogP contribution in [0.1, 0.15) is 45.0 Å². The smallest absolute Gasteiger partial charge is 0.267 e. The first kappa shape index (κ1) is 39.5. The second-order valence-electron chi connectivity index (χ2n) is 13.2. The molecule has 0 N–H and O–H groups in total. The van der Waals surface area contributed by atoms with E-state index in [1.54, 1.807) is 12.4 Å². The van der Waals surface area contributed by atoms with E-state index in [-0.39, 0.29) is 20.1 Å². The van der Waals surface area contributed by atoms with Gasteiger partial charge in [-0.3, -0.25) is 14.1 Å². The average molecular weight is 887 g/mol. The molecule has 0 amide bonds. The largest absolute Gasteiger partial charge is 0.574 e. The number of pyridine rings is 1. The van der Waals surface area contributed by atoms with Crippen molar-refractivity contribution in [2.75, 3.05) is 0 Å². The summed E-state index contributed by atoms with van der Waals surface area (Å²) in [5.74, 6) is 0. The van der Waals surface area contributed by atoms with Crippen molar-refractivity contribution in [2.24, 2.45) is 0 Å². The quantitative estimate of drug-likeness (QED) is 0.129. The molecule has 7 nitrogen and oxygen atoms in total. The Morgan fingerprint density at radius 2 is 1.04 bits per heavy atom. The summed E-state index contributed by atoms with van der Waals surface area (Å²) < 4.78 is 8.37. The van der Waals surface area contributed by atoms with Gasteiger partial charge >= 0.3 is 0 Å². The molecule has 8 heteroatoms. The molecule has 0 fully saturated rings. The van der Waals surface area contributed by atoms with E-state index in [0.29, 0.717) is 0 Å². The van der Waals surface area contributed by atoms with E-state index in [4.69, 9.17) is 0 Å². The topological polar surface area (TPSA) is 57.5 Å². The van der Waals surface area contributed by atoms with Crippen LogP contribution in [0.2, 0.25) is 0 Å². The molecule has 1 radical (unpaired) electrons. The molecule has 4 aromatic heterocycles. The molecular weight excluding hydrogens is 843 g/mol. The van der Waals surface area contributed by atoms with Crippen LogP contribution in [0.5, 0.6) is 0 Å². The molecule has 8 aromatic rings. The normalized spacial score (nSPS) is 10.4. The van der Waals surface area contributed by atoms with Gasteiger partial charge in [-0.1, -0.05) is 67.1 Å².